The molecule has 0 unspecified atom stereocenters. The average Bonchev–Trinajstić information content (AvgIpc) is 2.25. The van der Waals surface area contributed by atoms with Crippen molar-refractivity contribution in [3.8, 4) is 0 Å². The first kappa shape index (κ1) is 13.5. The molecule has 1 atom stereocenters. The number of hydrogen-bond donors (Lipinski definition) is 1. The summed E-state index contributed by atoms with van der Waals surface area (Å²) >= 11 is 3.58. The molecule has 0 fully saturated rings. The van der Waals surface area contributed by atoms with Gasteiger partial charge in [0.25, 0.3) is 0 Å². The number of rotatable bonds is 5. The van der Waals surface area contributed by atoms with Crippen molar-refractivity contribution in [3.05, 3.63) is 28.2 Å². The molecule has 16 heavy (non-hydrogen) atoms. The van der Waals surface area contributed by atoms with E-state index in [1.807, 2.05) is 6.92 Å². The number of halogens is 1. The van der Waals surface area contributed by atoms with Crippen LogP contribution in [0.4, 0.5) is 5.69 Å². The van der Waals surface area contributed by atoms with Crippen molar-refractivity contribution in [1.29, 1.82) is 0 Å². The fourth-order valence-corrected chi connectivity index (χ4v) is 2.37. The van der Waals surface area contributed by atoms with E-state index in [2.05, 4.69) is 53.0 Å². The fraction of sp³-hybridized carbons (Fsp3) is 0.538. The number of benzene rings is 1. The predicted molar refractivity (Wildman–Crippen MR) is 74.9 cm³/mol. The van der Waals surface area contributed by atoms with Gasteiger partial charge in [0.05, 0.1) is 0 Å². The molecule has 0 saturated carbocycles. The first-order valence-electron chi connectivity index (χ1n) is 5.82. The summed E-state index contributed by atoms with van der Waals surface area (Å²) in [6.07, 6.45) is 2.45. The molecule has 0 bridgehead atoms. The maximum atomic E-state index is 5.88. The van der Waals surface area contributed by atoms with Crippen LogP contribution in [-0.4, -0.2) is 13.6 Å². The molecule has 0 amide bonds. The monoisotopic (exact) mass is 284 g/mol. The molecule has 3 heteroatoms. The number of nitrogens with zero attached hydrogens (tertiary/aromatic N) is 1. The van der Waals surface area contributed by atoms with E-state index in [1.54, 1.807) is 0 Å². The lowest BCUT2D eigenvalue weighted by Gasteiger charge is -2.20. The van der Waals surface area contributed by atoms with E-state index in [0.717, 1.165) is 16.6 Å². The van der Waals surface area contributed by atoms with E-state index in [1.165, 1.54) is 18.5 Å². The second-order valence-electron chi connectivity index (χ2n) is 4.27. The summed E-state index contributed by atoms with van der Waals surface area (Å²) in [7, 11) is 2.13. The van der Waals surface area contributed by atoms with Crippen molar-refractivity contribution in [2.45, 2.75) is 32.7 Å². The van der Waals surface area contributed by atoms with Crippen LogP contribution in [-0.2, 0) is 0 Å². The Morgan fingerprint density at radius 3 is 2.62 bits per heavy atom. The molecule has 2 N–H and O–H groups in total. The number of nitrogens with two attached hydrogens (primary N) is 1. The molecule has 1 aromatic rings. The van der Waals surface area contributed by atoms with Crippen molar-refractivity contribution in [1.82, 2.24) is 0 Å². The Morgan fingerprint density at radius 2 is 2.12 bits per heavy atom. The molecule has 0 aromatic heterocycles. The van der Waals surface area contributed by atoms with Crippen LogP contribution in [0.2, 0.25) is 0 Å². The zero-order valence-corrected chi connectivity index (χ0v) is 11.9. The Balaban J connectivity index is 2.80. The smallest absolute Gasteiger partial charge is 0.0375 e. The third kappa shape index (κ3) is 3.49. The van der Waals surface area contributed by atoms with Crippen LogP contribution >= 0.6 is 15.9 Å². The first-order valence-corrected chi connectivity index (χ1v) is 6.61. The average molecular weight is 285 g/mol. The van der Waals surface area contributed by atoms with Gasteiger partial charge in [0.15, 0.2) is 0 Å². The molecule has 0 aliphatic carbocycles. The lowest BCUT2D eigenvalue weighted by atomic mass is 10.1. The van der Waals surface area contributed by atoms with E-state index >= 15 is 0 Å². The molecule has 0 spiro atoms. The van der Waals surface area contributed by atoms with E-state index in [4.69, 9.17) is 5.73 Å². The minimum absolute atomic E-state index is 0.0735. The normalized spacial score (nSPS) is 12.6. The van der Waals surface area contributed by atoms with Crippen LogP contribution in [0.1, 0.15) is 38.3 Å². The van der Waals surface area contributed by atoms with Gasteiger partial charge in [-0.1, -0.05) is 35.3 Å². The lowest BCUT2D eigenvalue weighted by Crippen LogP contribution is -2.18. The molecule has 90 valence electrons. The van der Waals surface area contributed by atoms with Crippen LogP contribution in [0.3, 0.4) is 0 Å². The predicted octanol–water partition coefficient (Wildman–Crippen LogP) is 3.71. The second kappa shape index (κ2) is 6.26. The third-order valence-corrected chi connectivity index (χ3v) is 3.45. The molecule has 0 aliphatic heterocycles. The quantitative estimate of drug-likeness (QED) is 0.893. The third-order valence-electron chi connectivity index (χ3n) is 2.76. The summed E-state index contributed by atoms with van der Waals surface area (Å²) in [6.45, 7) is 5.31. The van der Waals surface area contributed by atoms with Gasteiger partial charge in [-0.2, -0.15) is 0 Å². The van der Waals surface area contributed by atoms with Crippen LogP contribution < -0.4 is 10.6 Å². The van der Waals surface area contributed by atoms with Crippen LogP contribution in [0, 0.1) is 0 Å². The van der Waals surface area contributed by atoms with Crippen molar-refractivity contribution in [2.24, 2.45) is 5.73 Å². The molecule has 0 aliphatic rings. The molecular weight excluding hydrogens is 264 g/mol. The van der Waals surface area contributed by atoms with E-state index in [-0.39, 0.29) is 6.04 Å². The lowest BCUT2D eigenvalue weighted by molar-refractivity contribution is 0.765. The largest absolute Gasteiger partial charge is 0.375 e. The van der Waals surface area contributed by atoms with Crippen molar-refractivity contribution in [3.63, 3.8) is 0 Å². The Hall–Kier alpha value is -0.540. The molecule has 2 nitrogen and oxygen atoms in total. The summed E-state index contributed by atoms with van der Waals surface area (Å²) in [6, 6.07) is 6.46. The maximum Gasteiger partial charge on any atom is 0.0375 e. The number of anilines is 1. The van der Waals surface area contributed by atoms with E-state index in [0.29, 0.717) is 0 Å². The minimum Gasteiger partial charge on any atom is -0.375 e. The highest BCUT2D eigenvalue weighted by Gasteiger charge is 2.07. The van der Waals surface area contributed by atoms with Crippen molar-refractivity contribution < 1.29 is 0 Å². The van der Waals surface area contributed by atoms with Gasteiger partial charge in [0.1, 0.15) is 0 Å². The topological polar surface area (TPSA) is 29.3 Å². The fourth-order valence-electron chi connectivity index (χ4n) is 1.65. The standard InChI is InChI=1S/C13H21BrN2/c1-4-5-8-16(3)11-6-7-12(10(2)15)13(14)9-11/h6-7,9-10H,4-5,8,15H2,1-3H3/t10-/m1/s1. The maximum absolute atomic E-state index is 5.88. The van der Waals surface area contributed by atoms with Gasteiger partial charge >= 0.3 is 0 Å². The van der Waals surface area contributed by atoms with Gasteiger partial charge in [-0.3, -0.25) is 0 Å². The van der Waals surface area contributed by atoms with Crippen molar-refractivity contribution >= 4 is 21.6 Å². The summed E-state index contributed by atoms with van der Waals surface area (Å²) < 4.78 is 1.10. The van der Waals surface area contributed by atoms with Gasteiger partial charge in [-0.25, -0.2) is 0 Å². The van der Waals surface area contributed by atoms with Gasteiger partial charge in [-0.15, -0.1) is 0 Å². The Kier molecular flexibility index (Phi) is 5.29. The van der Waals surface area contributed by atoms with Gasteiger partial charge in [0.2, 0.25) is 0 Å². The summed E-state index contributed by atoms with van der Waals surface area (Å²) in [5, 5.41) is 0. The van der Waals surface area contributed by atoms with E-state index < -0.39 is 0 Å². The summed E-state index contributed by atoms with van der Waals surface area (Å²) in [5.74, 6) is 0. The van der Waals surface area contributed by atoms with Gasteiger partial charge in [0, 0.05) is 29.8 Å². The highest BCUT2D eigenvalue weighted by Crippen LogP contribution is 2.27. The van der Waals surface area contributed by atoms with Crippen LogP contribution in [0.25, 0.3) is 0 Å². The molecule has 1 rings (SSSR count). The van der Waals surface area contributed by atoms with Crippen LogP contribution in [0.15, 0.2) is 22.7 Å². The summed E-state index contributed by atoms with van der Waals surface area (Å²) in [4.78, 5) is 2.28. The van der Waals surface area contributed by atoms with Gasteiger partial charge < -0.3 is 10.6 Å². The first-order chi connectivity index (χ1) is 7.56. The zero-order chi connectivity index (χ0) is 12.1. The number of hydrogen-bond acceptors (Lipinski definition) is 2. The SMILES string of the molecule is CCCCN(C)c1ccc([C@@H](C)N)c(Br)c1. The van der Waals surface area contributed by atoms with Crippen LogP contribution in [0.5, 0.6) is 0 Å². The van der Waals surface area contributed by atoms with E-state index in [9.17, 15) is 0 Å². The van der Waals surface area contributed by atoms with Gasteiger partial charge in [-0.05, 0) is 31.0 Å². The Labute approximate surface area is 107 Å². The summed E-state index contributed by atoms with van der Waals surface area (Å²) in [5.41, 5.74) is 8.28. The van der Waals surface area contributed by atoms with Crippen molar-refractivity contribution in [2.75, 3.05) is 18.5 Å². The Bertz CT molecular complexity index is 337. The molecular formula is C13H21BrN2. The highest BCUT2D eigenvalue weighted by molar-refractivity contribution is 9.10. The Morgan fingerprint density at radius 1 is 1.44 bits per heavy atom. The second-order valence-corrected chi connectivity index (χ2v) is 5.12. The molecule has 0 heterocycles. The minimum atomic E-state index is 0.0735. The molecule has 0 saturated heterocycles. The highest BCUT2D eigenvalue weighted by atomic mass is 79.9. The molecule has 0 radical (unpaired) electrons. The molecule has 1 aromatic carbocycles. The zero-order valence-electron chi connectivity index (χ0n) is 10.3. The number of unbranched alkanes of at least 4 members (excludes halogenated alkanes) is 1.